The Morgan fingerprint density at radius 1 is 1.24 bits per heavy atom. The first-order valence-electron chi connectivity index (χ1n) is 6.91. The van der Waals surface area contributed by atoms with Gasteiger partial charge >= 0.3 is 0 Å². The molecule has 118 valence electrons. The van der Waals surface area contributed by atoms with Crippen LogP contribution < -0.4 is 19.9 Å². The summed E-state index contributed by atoms with van der Waals surface area (Å²) >= 11 is 0. The van der Waals surface area contributed by atoms with Gasteiger partial charge in [0.15, 0.2) is 11.5 Å². The quantitative estimate of drug-likeness (QED) is 0.743. The number of amides is 1. The van der Waals surface area contributed by atoms with Gasteiger partial charge in [-0.05, 0) is 25.1 Å². The van der Waals surface area contributed by atoms with Gasteiger partial charge in [-0.25, -0.2) is 0 Å². The Kier molecular flexibility index (Phi) is 7.39. The first-order chi connectivity index (χ1) is 10.1. The van der Waals surface area contributed by atoms with Crippen molar-refractivity contribution in [1.82, 2.24) is 4.90 Å². The van der Waals surface area contributed by atoms with E-state index in [9.17, 15) is 4.79 Å². The molecule has 0 aromatic heterocycles. The molecule has 1 aromatic carbocycles. The van der Waals surface area contributed by atoms with E-state index in [1.807, 2.05) is 6.07 Å². The normalized spacial score (nSPS) is 10.1. The van der Waals surface area contributed by atoms with Crippen molar-refractivity contribution < 1.29 is 19.0 Å². The van der Waals surface area contributed by atoms with Crippen LogP contribution in [0.3, 0.4) is 0 Å². The third kappa shape index (κ3) is 5.15. The highest BCUT2D eigenvalue weighted by molar-refractivity contribution is 5.76. The second-order valence-electron chi connectivity index (χ2n) is 4.55. The average Bonchev–Trinajstić information content (AvgIpc) is 2.52. The minimum atomic E-state index is 0.0253. The number of nitrogens with zero attached hydrogens (tertiary/aromatic N) is 1. The van der Waals surface area contributed by atoms with E-state index in [0.29, 0.717) is 36.8 Å². The Hall–Kier alpha value is -1.95. The summed E-state index contributed by atoms with van der Waals surface area (Å²) < 4.78 is 16.1. The Bertz CT molecular complexity index is 429. The summed E-state index contributed by atoms with van der Waals surface area (Å²) in [6.07, 6.45) is 1.09. The number of methoxy groups -OCH3 is 2. The van der Waals surface area contributed by atoms with Gasteiger partial charge in [-0.15, -0.1) is 0 Å². The molecule has 0 bridgehead atoms. The molecule has 6 nitrogen and oxygen atoms in total. The molecule has 0 atom stereocenters. The van der Waals surface area contributed by atoms with Crippen LogP contribution in [0, 0.1) is 0 Å². The molecule has 2 N–H and O–H groups in total. The van der Waals surface area contributed by atoms with Crippen LogP contribution in [0.2, 0.25) is 0 Å². The average molecular weight is 296 g/mol. The first kappa shape index (κ1) is 17.1. The molecule has 0 saturated heterocycles. The van der Waals surface area contributed by atoms with Crippen molar-refractivity contribution in [3.8, 4) is 17.2 Å². The fourth-order valence-electron chi connectivity index (χ4n) is 1.84. The molecule has 1 aromatic rings. The summed E-state index contributed by atoms with van der Waals surface area (Å²) in [5.74, 6) is 1.70. The van der Waals surface area contributed by atoms with E-state index in [2.05, 4.69) is 0 Å². The second kappa shape index (κ2) is 9.07. The van der Waals surface area contributed by atoms with Gasteiger partial charge in [-0.3, -0.25) is 4.79 Å². The van der Waals surface area contributed by atoms with Crippen LogP contribution in [0.15, 0.2) is 18.2 Å². The zero-order chi connectivity index (χ0) is 15.7. The maximum absolute atomic E-state index is 11.9. The first-order valence-corrected chi connectivity index (χ1v) is 6.91. The number of hydrogen-bond donors (Lipinski definition) is 1. The lowest BCUT2D eigenvalue weighted by atomic mass is 10.3. The molecular formula is C15H24N2O4. The topological polar surface area (TPSA) is 74.0 Å². The number of para-hydroxylation sites is 1. The lowest BCUT2D eigenvalue weighted by Crippen LogP contribution is -2.30. The molecule has 0 saturated carbocycles. The third-order valence-corrected chi connectivity index (χ3v) is 3.07. The van der Waals surface area contributed by atoms with E-state index in [1.165, 1.54) is 0 Å². The molecular weight excluding hydrogens is 272 g/mol. The standard InChI is InChI=1S/C15H24N2O4/c1-17(10-5-9-16)14(18)8-11-21-15-12(19-2)6-4-7-13(15)20-3/h4,6-7H,5,8-11,16H2,1-3H3. The second-order valence-corrected chi connectivity index (χ2v) is 4.55. The van der Waals surface area contributed by atoms with Crippen LogP contribution in [-0.4, -0.2) is 51.8 Å². The van der Waals surface area contributed by atoms with E-state index >= 15 is 0 Å². The van der Waals surface area contributed by atoms with Crippen molar-refractivity contribution in [1.29, 1.82) is 0 Å². The lowest BCUT2D eigenvalue weighted by molar-refractivity contribution is -0.130. The van der Waals surface area contributed by atoms with Crippen LogP contribution in [0.4, 0.5) is 0 Å². The monoisotopic (exact) mass is 296 g/mol. The fourth-order valence-corrected chi connectivity index (χ4v) is 1.84. The third-order valence-electron chi connectivity index (χ3n) is 3.07. The van der Waals surface area contributed by atoms with Gasteiger partial charge in [0.2, 0.25) is 11.7 Å². The molecule has 0 fully saturated rings. The van der Waals surface area contributed by atoms with Gasteiger partial charge in [0, 0.05) is 13.6 Å². The SMILES string of the molecule is COc1cccc(OC)c1OCCC(=O)N(C)CCCN. The number of carbonyl (C=O) groups excluding carboxylic acids is 1. The number of hydrogen-bond acceptors (Lipinski definition) is 5. The minimum absolute atomic E-state index is 0.0253. The van der Waals surface area contributed by atoms with Crippen LogP contribution >= 0.6 is 0 Å². The van der Waals surface area contributed by atoms with E-state index < -0.39 is 0 Å². The maximum atomic E-state index is 11.9. The summed E-state index contributed by atoms with van der Waals surface area (Å²) in [5, 5.41) is 0. The summed E-state index contributed by atoms with van der Waals surface area (Å²) in [5.41, 5.74) is 5.43. The Morgan fingerprint density at radius 2 is 1.86 bits per heavy atom. The van der Waals surface area contributed by atoms with Crippen molar-refractivity contribution in [2.45, 2.75) is 12.8 Å². The van der Waals surface area contributed by atoms with E-state index in [1.54, 1.807) is 38.3 Å². The van der Waals surface area contributed by atoms with Crippen molar-refractivity contribution >= 4 is 5.91 Å². The zero-order valence-corrected chi connectivity index (χ0v) is 12.9. The largest absolute Gasteiger partial charge is 0.493 e. The predicted molar refractivity (Wildman–Crippen MR) is 81.0 cm³/mol. The van der Waals surface area contributed by atoms with Crippen LogP contribution in [-0.2, 0) is 4.79 Å². The number of ether oxygens (including phenoxy) is 3. The highest BCUT2D eigenvalue weighted by Gasteiger charge is 2.13. The number of nitrogens with two attached hydrogens (primary N) is 1. The molecule has 0 aliphatic rings. The van der Waals surface area contributed by atoms with Crippen molar-refractivity contribution in [2.24, 2.45) is 5.73 Å². The summed E-state index contributed by atoms with van der Waals surface area (Å²) in [4.78, 5) is 13.6. The molecule has 0 aliphatic heterocycles. The van der Waals surface area contributed by atoms with Gasteiger partial charge in [0.25, 0.3) is 0 Å². The van der Waals surface area contributed by atoms with Crippen molar-refractivity contribution in [3.63, 3.8) is 0 Å². The molecule has 6 heteroatoms. The molecule has 0 aliphatic carbocycles. The van der Waals surface area contributed by atoms with Gasteiger partial charge < -0.3 is 24.8 Å². The van der Waals surface area contributed by atoms with Crippen molar-refractivity contribution in [3.05, 3.63) is 18.2 Å². The molecule has 0 unspecified atom stereocenters. The zero-order valence-electron chi connectivity index (χ0n) is 12.9. The number of carbonyl (C=O) groups is 1. The van der Waals surface area contributed by atoms with Gasteiger partial charge in [0.1, 0.15) is 0 Å². The van der Waals surface area contributed by atoms with Crippen LogP contribution in [0.1, 0.15) is 12.8 Å². The molecule has 0 radical (unpaired) electrons. The lowest BCUT2D eigenvalue weighted by Gasteiger charge is -2.18. The fraction of sp³-hybridized carbons (Fsp3) is 0.533. The van der Waals surface area contributed by atoms with E-state index in [4.69, 9.17) is 19.9 Å². The highest BCUT2D eigenvalue weighted by Crippen LogP contribution is 2.36. The molecule has 1 rings (SSSR count). The van der Waals surface area contributed by atoms with Gasteiger partial charge in [0.05, 0.1) is 27.2 Å². The Balaban J connectivity index is 2.54. The summed E-state index contributed by atoms with van der Waals surface area (Å²) in [6, 6.07) is 5.39. The van der Waals surface area contributed by atoms with Crippen molar-refractivity contribution in [2.75, 3.05) is 41.0 Å². The predicted octanol–water partition coefficient (Wildman–Crippen LogP) is 1.28. The van der Waals surface area contributed by atoms with Crippen LogP contribution in [0.5, 0.6) is 17.2 Å². The summed E-state index contributed by atoms with van der Waals surface area (Å²) in [7, 11) is 4.89. The Morgan fingerprint density at radius 3 is 2.38 bits per heavy atom. The summed E-state index contributed by atoms with van der Waals surface area (Å²) in [6.45, 7) is 1.50. The molecule has 0 spiro atoms. The highest BCUT2D eigenvalue weighted by atomic mass is 16.5. The molecule has 21 heavy (non-hydrogen) atoms. The van der Waals surface area contributed by atoms with Crippen LogP contribution in [0.25, 0.3) is 0 Å². The Labute approximate surface area is 125 Å². The molecule has 1 amide bonds. The minimum Gasteiger partial charge on any atom is -0.493 e. The van der Waals surface area contributed by atoms with Gasteiger partial charge in [-0.1, -0.05) is 6.07 Å². The maximum Gasteiger partial charge on any atom is 0.225 e. The molecule has 0 heterocycles. The number of benzene rings is 1. The van der Waals surface area contributed by atoms with E-state index in [0.717, 1.165) is 6.42 Å². The smallest absolute Gasteiger partial charge is 0.225 e. The van der Waals surface area contributed by atoms with Gasteiger partial charge in [-0.2, -0.15) is 0 Å². The number of rotatable bonds is 9. The van der Waals surface area contributed by atoms with E-state index in [-0.39, 0.29) is 12.5 Å².